The third kappa shape index (κ3) is 5.13. The number of hydrogen-bond donors (Lipinski definition) is 2. The van der Waals surface area contributed by atoms with Gasteiger partial charge in [0.1, 0.15) is 5.76 Å². The van der Waals surface area contributed by atoms with Crippen LogP contribution in [-0.4, -0.2) is 28.0 Å². The Morgan fingerprint density at radius 3 is 2.58 bits per heavy atom. The molecule has 1 atom stereocenters. The largest absolute Gasteiger partial charge is 0.360 e. The summed E-state index contributed by atoms with van der Waals surface area (Å²) < 4.78 is 4.89. The molecule has 0 aliphatic heterocycles. The standard InChI is InChI=1S/C17H21N3O3S/c1-10-5-6-14(11(2)7-10)18-16(21)9-24-13(4)17(22)19-15-8-12(3)23-20-15/h5-8,13H,9H2,1-4H3,(H,18,21)(H,19,20,22)/t13-/m0/s1. The lowest BCUT2D eigenvalue weighted by Crippen LogP contribution is -2.25. The minimum absolute atomic E-state index is 0.135. The highest BCUT2D eigenvalue weighted by molar-refractivity contribution is 8.01. The van der Waals surface area contributed by atoms with Crippen molar-refractivity contribution in [3.8, 4) is 0 Å². The second-order valence-corrected chi connectivity index (χ2v) is 6.96. The second kappa shape index (κ2) is 8.01. The molecule has 2 rings (SSSR count). The predicted octanol–water partition coefficient (Wildman–Crippen LogP) is 3.30. The van der Waals surface area contributed by atoms with Crippen molar-refractivity contribution < 1.29 is 14.1 Å². The van der Waals surface area contributed by atoms with Crippen molar-refractivity contribution in [3.63, 3.8) is 0 Å². The third-order valence-electron chi connectivity index (χ3n) is 3.37. The van der Waals surface area contributed by atoms with Gasteiger partial charge in [-0.05, 0) is 39.3 Å². The number of rotatable bonds is 6. The van der Waals surface area contributed by atoms with Gasteiger partial charge in [-0.2, -0.15) is 0 Å². The Morgan fingerprint density at radius 1 is 1.21 bits per heavy atom. The zero-order valence-electron chi connectivity index (χ0n) is 14.2. The number of nitrogens with one attached hydrogen (secondary N) is 2. The van der Waals surface area contributed by atoms with Crippen molar-refractivity contribution in [1.29, 1.82) is 0 Å². The van der Waals surface area contributed by atoms with Gasteiger partial charge in [0, 0.05) is 11.8 Å². The monoisotopic (exact) mass is 347 g/mol. The zero-order valence-corrected chi connectivity index (χ0v) is 15.0. The minimum atomic E-state index is -0.383. The summed E-state index contributed by atoms with van der Waals surface area (Å²) in [5.41, 5.74) is 2.95. The molecule has 0 fully saturated rings. The Balaban J connectivity index is 1.81. The van der Waals surface area contributed by atoms with E-state index in [9.17, 15) is 9.59 Å². The molecule has 0 spiro atoms. The summed E-state index contributed by atoms with van der Waals surface area (Å²) in [4.78, 5) is 24.1. The molecule has 0 aliphatic carbocycles. The second-order valence-electron chi connectivity index (χ2n) is 5.63. The van der Waals surface area contributed by atoms with Gasteiger partial charge in [-0.15, -0.1) is 11.8 Å². The van der Waals surface area contributed by atoms with Gasteiger partial charge in [-0.3, -0.25) is 9.59 Å². The molecule has 128 valence electrons. The topological polar surface area (TPSA) is 84.2 Å². The lowest BCUT2D eigenvalue weighted by molar-refractivity contribution is -0.115. The molecule has 24 heavy (non-hydrogen) atoms. The summed E-state index contributed by atoms with van der Waals surface area (Å²) in [7, 11) is 0. The molecule has 0 saturated heterocycles. The molecule has 0 saturated carbocycles. The molecule has 2 N–H and O–H groups in total. The number of aryl methyl sites for hydroxylation is 3. The van der Waals surface area contributed by atoms with Gasteiger partial charge in [-0.1, -0.05) is 22.9 Å². The number of aromatic nitrogens is 1. The van der Waals surface area contributed by atoms with E-state index in [4.69, 9.17) is 4.52 Å². The number of hydrogen-bond acceptors (Lipinski definition) is 5. The van der Waals surface area contributed by atoms with E-state index in [1.807, 2.05) is 32.0 Å². The summed E-state index contributed by atoms with van der Waals surface area (Å²) in [6.45, 7) is 7.45. The van der Waals surface area contributed by atoms with E-state index in [0.29, 0.717) is 11.6 Å². The van der Waals surface area contributed by atoms with E-state index in [0.717, 1.165) is 16.8 Å². The molecule has 0 radical (unpaired) electrons. The van der Waals surface area contributed by atoms with E-state index < -0.39 is 0 Å². The Labute approximate surface area is 145 Å². The number of anilines is 2. The van der Waals surface area contributed by atoms with Crippen LogP contribution in [0.15, 0.2) is 28.8 Å². The number of carbonyl (C=O) groups is 2. The number of amides is 2. The highest BCUT2D eigenvalue weighted by Crippen LogP contribution is 2.18. The molecule has 1 aromatic carbocycles. The summed E-state index contributed by atoms with van der Waals surface area (Å²) in [5.74, 6) is 0.847. The van der Waals surface area contributed by atoms with E-state index in [-0.39, 0.29) is 22.8 Å². The number of thioether (sulfide) groups is 1. The first kappa shape index (κ1) is 18.1. The normalized spacial score (nSPS) is 11.8. The predicted molar refractivity (Wildman–Crippen MR) is 96.3 cm³/mol. The van der Waals surface area contributed by atoms with Gasteiger partial charge in [0.25, 0.3) is 0 Å². The van der Waals surface area contributed by atoms with Gasteiger partial charge >= 0.3 is 0 Å². The molecule has 1 aromatic heterocycles. The van der Waals surface area contributed by atoms with Crippen molar-refractivity contribution >= 4 is 35.1 Å². The molecular weight excluding hydrogens is 326 g/mol. The van der Waals surface area contributed by atoms with Gasteiger partial charge in [0.2, 0.25) is 11.8 Å². The number of nitrogens with zero attached hydrogens (tertiary/aromatic N) is 1. The molecule has 6 nitrogen and oxygen atoms in total. The van der Waals surface area contributed by atoms with E-state index in [2.05, 4.69) is 15.8 Å². The molecule has 1 heterocycles. The summed E-state index contributed by atoms with van der Waals surface area (Å²) in [5, 5.41) is 8.85. The smallest absolute Gasteiger partial charge is 0.238 e. The number of carbonyl (C=O) groups excluding carboxylic acids is 2. The summed E-state index contributed by atoms with van der Waals surface area (Å²) in [6.07, 6.45) is 0. The van der Waals surface area contributed by atoms with Crippen LogP contribution in [0.5, 0.6) is 0 Å². The Morgan fingerprint density at radius 2 is 1.96 bits per heavy atom. The fourth-order valence-corrected chi connectivity index (χ4v) is 2.75. The lowest BCUT2D eigenvalue weighted by Gasteiger charge is -2.12. The highest BCUT2D eigenvalue weighted by Gasteiger charge is 2.17. The zero-order chi connectivity index (χ0) is 17.7. The van der Waals surface area contributed by atoms with Gasteiger partial charge < -0.3 is 15.2 Å². The minimum Gasteiger partial charge on any atom is -0.360 e. The van der Waals surface area contributed by atoms with Crippen molar-refractivity contribution in [2.24, 2.45) is 0 Å². The first-order chi connectivity index (χ1) is 11.3. The van der Waals surface area contributed by atoms with Gasteiger partial charge in [0.05, 0.1) is 11.0 Å². The third-order valence-corrected chi connectivity index (χ3v) is 4.51. The van der Waals surface area contributed by atoms with Gasteiger partial charge in [0.15, 0.2) is 5.82 Å². The van der Waals surface area contributed by atoms with Crippen LogP contribution in [0.4, 0.5) is 11.5 Å². The van der Waals surface area contributed by atoms with Crippen molar-refractivity contribution in [3.05, 3.63) is 41.2 Å². The Bertz CT molecular complexity index is 742. The molecular formula is C17H21N3O3S. The maximum Gasteiger partial charge on any atom is 0.238 e. The first-order valence-electron chi connectivity index (χ1n) is 7.58. The van der Waals surface area contributed by atoms with E-state index in [1.165, 1.54) is 11.8 Å². The molecule has 2 aromatic rings. The summed E-state index contributed by atoms with van der Waals surface area (Å²) >= 11 is 1.26. The van der Waals surface area contributed by atoms with Crippen molar-refractivity contribution in [2.45, 2.75) is 32.9 Å². The van der Waals surface area contributed by atoms with Crippen LogP contribution in [0.1, 0.15) is 23.8 Å². The number of benzene rings is 1. The average molecular weight is 347 g/mol. The van der Waals surface area contributed by atoms with E-state index >= 15 is 0 Å². The fourth-order valence-electron chi connectivity index (χ4n) is 2.07. The maximum atomic E-state index is 12.0. The first-order valence-corrected chi connectivity index (χ1v) is 8.63. The molecule has 2 amide bonds. The van der Waals surface area contributed by atoms with Crippen LogP contribution in [-0.2, 0) is 9.59 Å². The lowest BCUT2D eigenvalue weighted by atomic mass is 10.1. The Kier molecular flexibility index (Phi) is 6.03. The SMILES string of the molecule is Cc1ccc(NC(=O)CS[C@@H](C)C(=O)Nc2cc(C)on2)c(C)c1. The van der Waals surface area contributed by atoms with Gasteiger partial charge in [-0.25, -0.2) is 0 Å². The van der Waals surface area contributed by atoms with Crippen molar-refractivity contribution in [1.82, 2.24) is 5.16 Å². The van der Waals surface area contributed by atoms with Crippen LogP contribution >= 0.6 is 11.8 Å². The average Bonchev–Trinajstić information content (AvgIpc) is 2.92. The van der Waals surface area contributed by atoms with Crippen LogP contribution in [0.2, 0.25) is 0 Å². The van der Waals surface area contributed by atoms with Crippen LogP contribution < -0.4 is 10.6 Å². The molecule has 0 aliphatic rings. The quantitative estimate of drug-likeness (QED) is 0.837. The fraction of sp³-hybridized carbons (Fsp3) is 0.353. The van der Waals surface area contributed by atoms with Crippen LogP contribution in [0.3, 0.4) is 0 Å². The van der Waals surface area contributed by atoms with Crippen LogP contribution in [0, 0.1) is 20.8 Å². The Hall–Kier alpha value is -2.28. The van der Waals surface area contributed by atoms with E-state index in [1.54, 1.807) is 19.9 Å². The highest BCUT2D eigenvalue weighted by atomic mass is 32.2. The van der Waals surface area contributed by atoms with Crippen molar-refractivity contribution in [2.75, 3.05) is 16.4 Å². The molecule has 7 heteroatoms. The van der Waals surface area contributed by atoms with Crippen LogP contribution in [0.25, 0.3) is 0 Å². The maximum absolute atomic E-state index is 12.0. The summed E-state index contributed by atoms with van der Waals surface area (Å²) in [6, 6.07) is 7.49. The molecule has 0 bridgehead atoms. The molecule has 0 unspecified atom stereocenters.